The van der Waals surface area contributed by atoms with Gasteiger partial charge in [0, 0.05) is 18.8 Å². The summed E-state index contributed by atoms with van der Waals surface area (Å²) in [6.07, 6.45) is 7.73. The van der Waals surface area contributed by atoms with E-state index < -0.39 is 0 Å². The second kappa shape index (κ2) is 6.09. The molecule has 1 aromatic carbocycles. The number of hydrogen-bond acceptors (Lipinski definition) is 2. The highest BCUT2D eigenvalue weighted by Gasteiger charge is 2.41. The largest absolute Gasteiger partial charge is 0.278 e. The molecule has 2 heteroatoms. The molecule has 108 valence electrons. The van der Waals surface area contributed by atoms with E-state index in [2.05, 4.69) is 55.3 Å². The first-order valence-corrected chi connectivity index (χ1v) is 8.05. The summed E-state index contributed by atoms with van der Waals surface area (Å²) in [5, 5.41) is 0. The van der Waals surface area contributed by atoms with Gasteiger partial charge in [-0.25, -0.2) is 0 Å². The lowest BCUT2D eigenvalue weighted by atomic mass is 9.93. The molecule has 3 unspecified atom stereocenters. The van der Waals surface area contributed by atoms with Gasteiger partial charge in [-0.3, -0.25) is 9.89 Å². The first-order chi connectivity index (χ1) is 9.74. The maximum atomic E-state index is 4.83. The van der Waals surface area contributed by atoms with Gasteiger partial charge in [0.15, 0.2) is 0 Å². The van der Waals surface area contributed by atoms with Crippen LogP contribution in [0, 0.1) is 11.8 Å². The second-order valence-electron chi connectivity index (χ2n) is 6.76. The van der Waals surface area contributed by atoms with Crippen LogP contribution in [0.1, 0.15) is 45.1 Å². The van der Waals surface area contributed by atoms with Gasteiger partial charge in [-0.1, -0.05) is 44.2 Å². The summed E-state index contributed by atoms with van der Waals surface area (Å²) in [7, 11) is 0. The van der Waals surface area contributed by atoms with Gasteiger partial charge in [-0.05, 0) is 43.1 Å². The number of likely N-dealkylation sites (tertiary alicyclic amines) is 1. The second-order valence-corrected chi connectivity index (χ2v) is 6.76. The van der Waals surface area contributed by atoms with Crippen LogP contribution in [0.15, 0.2) is 35.3 Å². The Balaban J connectivity index is 1.78. The third kappa shape index (κ3) is 2.95. The molecule has 0 aliphatic carbocycles. The van der Waals surface area contributed by atoms with Gasteiger partial charge >= 0.3 is 0 Å². The highest BCUT2D eigenvalue weighted by atomic mass is 15.3. The lowest BCUT2D eigenvalue weighted by Crippen LogP contribution is -2.37. The van der Waals surface area contributed by atoms with Crippen LogP contribution in [0.4, 0.5) is 0 Å². The number of benzene rings is 1. The summed E-state index contributed by atoms with van der Waals surface area (Å²) < 4.78 is 0. The van der Waals surface area contributed by atoms with E-state index in [4.69, 9.17) is 4.99 Å². The first-order valence-electron chi connectivity index (χ1n) is 8.05. The quantitative estimate of drug-likeness (QED) is 0.803. The molecule has 0 spiro atoms. The fourth-order valence-corrected chi connectivity index (χ4v) is 3.83. The third-order valence-corrected chi connectivity index (χ3v) is 4.68. The molecule has 0 bridgehead atoms. The molecule has 3 atom stereocenters. The van der Waals surface area contributed by atoms with Gasteiger partial charge in [-0.15, -0.1) is 0 Å². The molecular formula is C18H26N2. The zero-order valence-electron chi connectivity index (χ0n) is 12.7. The van der Waals surface area contributed by atoms with Crippen molar-refractivity contribution in [3.63, 3.8) is 0 Å². The van der Waals surface area contributed by atoms with Crippen LogP contribution >= 0.6 is 0 Å². The van der Waals surface area contributed by atoms with E-state index in [1.54, 1.807) is 0 Å². The number of hydrogen-bond donors (Lipinski definition) is 0. The van der Waals surface area contributed by atoms with E-state index in [1.165, 1.54) is 31.2 Å². The van der Waals surface area contributed by atoms with Gasteiger partial charge in [-0.2, -0.15) is 0 Å². The van der Waals surface area contributed by atoms with Gasteiger partial charge in [0.2, 0.25) is 0 Å². The number of aliphatic imine (C=N–C) groups is 1. The number of nitrogens with zero attached hydrogens (tertiary/aromatic N) is 2. The van der Waals surface area contributed by atoms with Crippen LogP contribution < -0.4 is 0 Å². The fourth-order valence-electron chi connectivity index (χ4n) is 3.83. The summed E-state index contributed by atoms with van der Waals surface area (Å²) in [4.78, 5) is 7.49. The molecule has 20 heavy (non-hydrogen) atoms. The molecule has 1 aromatic rings. The van der Waals surface area contributed by atoms with E-state index in [9.17, 15) is 0 Å². The predicted molar refractivity (Wildman–Crippen MR) is 84.8 cm³/mol. The fraction of sp³-hybridized carbons (Fsp3) is 0.611. The van der Waals surface area contributed by atoms with Crippen LogP contribution in [0.5, 0.6) is 0 Å². The average molecular weight is 270 g/mol. The van der Waals surface area contributed by atoms with Gasteiger partial charge < -0.3 is 0 Å². The van der Waals surface area contributed by atoms with Gasteiger partial charge in [0.05, 0.1) is 0 Å². The van der Waals surface area contributed by atoms with Crippen molar-refractivity contribution in [2.45, 2.75) is 58.3 Å². The minimum Gasteiger partial charge on any atom is -0.278 e. The van der Waals surface area contributed by atoms with Crippen LogP contribution in [0.25, 0.3) is 0 Å². The first kappa shape index (κ1) is 13.8. The highest BCUT2D eigenvalue weighted by Crippen LogP contribution is 2.39. The highest BCUT2D eigenvalue weighted by molar-refractivity contribution is 5.58. The van der Waals surface area contributed by atoms with Gasteiger partial charge in [0.1, 0.15) is 6.17 Å². The Morgan fingerprint density at radius 3 is 2.80 bits per heavy atom. The van der Waals surface area contributed by atoms with Crippen LogP contribution in [-0.2, 0) is 6.54 Å². The Bertz CT molecular complexity index is 452. The molecule has 3 rings (SSSR count). The normalized spacial score (nSPS) is 29.9. The summed E-state index contributed by atoms with van der Waals surface area (Å²) in [6.45, 7) is 5.73. The lowest BCUT2D eigenvalue weighted by Gasteiger charge is -2.31. The van der Waals surface area contributed by atoms with E-state index in [0.717, 1.165) is 18.4 Å². The third-order valence-electron chi connectivity index (χ3n) is 4.68. The molecule has 0 aromatic heterocycles. The van der Waals surface area contributed by atoms with Gasteiger partial charge in [0.25, 0.3) is 0 Å². The Labute approximate surface area is 122 Å². The molecule has 0 saturated carbocycles. The Morgan fingerprint density at radius 2 is 2.05 bits per heavy atom. The van der Waals surface area contributed by atoms with Crippen molar-refractivity contribution >= 4 is 6.21 Å². The maximum absolute atomic E-state index is 4.83. The summed E-state index contributed by atoms with van der Waals surface area (Å²) in [6, 6.07) is 11.6. The van der Waals surface area contributed by atoms with E-state index >= 15 is 0 Å². The van der Waals surface area contributed by atoms with Crippen molar-refractivity contribution in [2.75, 3.05) is 0 Å². The van der Waals surface area contributed by atoms with Crippen molar-refractivity contribution in [3.05, 3.63) is 35.9 Å². The molecule has 2 nitrogen and oxygen atoms in total. The van der Waals surface area contributed by atoms with E-state index in [0.29, 0.717) is 12.2 Å². The topological polar surface area (TPSA) is 15.6 Å². The molecule has 1 fully saturated rings. The van der Waals surface area contributed by atoms with Crippen molar-refractivity contribution < 1.29 is 0 Å². The molecule has 0 N–H and O–H groups in total. The maximum Gasteiger partial charge on any atom is 0.105 e. The predicted octanol–water partition coefficient (Wildman–Crippen LogP) is 4.11. The minimum absolute atomic E-state index is 0.438. The van der Waals surface area contributed by atoms with E-state index in [1.807, 2.05) is 0 Å². The Hall–Kier alpha value is -1.15. The summed E-state index contributed by atoms with van der Waals surface area (Å²) in [5.41, 5.74) is 1.42. The summed E-state index contributed by atoms with van der Waals surface area (Å²) in [5.74, 6) is 1.55. The van der Waals surface area contributed by atoms with Crippen LogP contribution in [0.2, 0.25) is 0 Å². The molecule has 2 heterocycles. The molecule has 0 radical (unpaired) electrons. The zero-order chi connectivity index (χ0) is 13.9. The standard InChI is InChI=1S/C18H26N2/c1-14(2)11-17-12-16-9-6-10-19-18(16)20(17)13-15-7-4-3-5-8-15/h3-5,7-8,10,14,16-18H,6,9,11-13H2,1-2H3. The van der Waals surface area contributed by atoms with Crippen LogP contribution in [0.3, 0.4) is 0 Å². The molecule has 0 amide bonds. The summed E-state index contributed by atoms with van der Waals surface area (Å²) >= 11 is 0. The zero-order valence-corrected chi connectivity index (χ0v) is 12.7. The minimum atomic E-state index is 0.438. The van der Waals surface area contributed by atoms with Crippen molar-refractivity contribution in [3.8, 4) is 0 Å². The SMILES string of the molecule is CC(C)CC1CC2CCC=NC2N1Cc1ccccc1. The molecular weight excluding hydrogens is 244 g/mol. The number of rotatable bonds is 4. The molecule has 2 aliphatic heterocycles. The Kier molecular flexibility index (Phi) is 4.21. The van der Waals surface area contributed by atoms with Crippen molar-refractivity contribution in [1.29, 1.82) is 0 Å². The molecule has 2 aliphatic rings. The number of fused-ring (bicyclic) bond motifs is 1. The molecule has 1 saturated heterocycles. The Morgan fingerprint density at radius 1 is 1.25 bits per heavy atom. The van der Waals surface area contributed by atoms with Crippen molar-refractivity contribution in [1.82, 2.24) is 4.90 Å². The van der Waals surface area contributed by atoms with Crippen LogP contribution in [-0.4, -0.2) is 23.3 Å². The monoisotopic (exact) mass is 270 g/mol. The van der Waals surface area contributed by atoms with E-state index in [-0.39, 0.29) is 0 Å². The van der Waals surface area contributed by atoms with Crippen molar-refractivity contribution in [2.24, 2.45) is 16.8 Å². The smallest absolute Gasteiger partial charge is 0.105 e. The lowest BCUT2D eigenvalue weighted by molar-refractivity contribution is 0.156. The average Bonchev–Trinajstić information content (AvgIpc) is 2.77.